The molecule has 0 unspecified atom stereocenters. The van der Waals surface area contributed by atoms with E-state index in [0.717, 1.165) is 41.5 Å². The van der Waals surface area contributed by atoms with Gasteiger partial charge in [0.1, 0.15) is 11.9 Å². The van der Waals surface area contributed by atoms with E-state index in [1.807, 2.05) is 12.1 Å². The van der Waals surface area contributed by atoms with Crippen LogP contribution in [0.5, 0.6) is 5.75 Å². The van der Waals surface area contributed by atoms with E-state index in [1.165, 1.54) is 16.0 Å². The number of halogens is 6. The van der Waals surface area contributed by atoms with Crippen molar-refractivity contribution in [3.63, 3.8) is 0 Å². The van der Waals surface area contributed by atoms with E-state index in [0.29, 0.717) is 17.9 Å². The van der Waals surface area contributed by atoms with Gasteiger partial charge in [0.2, 0.25) is 0 Å². The minimum atomic E-state index is -5.00. The molecular weight excluding hydrogens is 584 g/mol. The Labute approximate surface area is 253 Å². The highest BCUT2D eigenvalue weighted by atomic mass is 19.4. The fourth-order valence-corrected chi connectivity index (χ4v) is 6.07. The van der Waals surface area contributed by atoms with Crippen molar-refractivity contribution in [1.82, 2.24) is 4.90 Å². The third-order valence-electron chi connectivity index (χ3n) is 8.56. The lowest BCUT2D eigenvalue weighted by molar-refractivity contribution is -0.143. The fourth-order valence-electron chi connectivity index (χ4n) is 6.07. The molecular formula is C34H35F6NO3. The number of alkyl halides is 6. The van der Waals surface area contributed by atoms with E-state index < -0.39 is 41.7 Å². The van der Waals surface area contributed by atoms with E-state index in [-0.39, 0.29) is 30.0 Å². The number of benzene rings is 3. The molecule has 0 spiro atoms. The van der Waals surface area contributed by atoms with Gasteiger partial charge < -0.3 is 14.4 Å². The third kappa shape index (κ3) is 6.40. The summed E-state index contributed by atoms with van der Waals surface area (Å²) in [6.45, 7) is 8.22. The highest BCUT2D eigenvalue weighted by Gasteiger charge is 2.40. The number of ether oxygens (including phenoxy) is 2. The molecule has 1 heterocycles. The highest BCUT2D eigenvalue weighted by Crippen LogP contribution is 2.42. The van der Waals surface area contributed by atoms with Gasteiger partial charge in [-0.25, -0.2) is 4.79 Å². The van der Waals surface area contributed by atoms with Gasteiger partial charge in [-0.2, -0.15) is 26.3 Å². The first-order chi connectivity index (χ1) is 20.5. The number of hydrogen-bond donors (Lipinski definition) is 0. The van der Waals surface area contributed by atoms with Crippen LogP contribution in [-0.2, 0) is 41.9 Å². The monoisotopic (exact) mass is 619 g/mol. The molecule has 0 bridgehead atoms. The Morgan fingerprint density at radius 2 is 1.45 bits per heavy atom. The second kappa shape index (κ2) is 11.3. The first-order valence-corrected chi connectivity index (χ1v) is 14.6. The van der Waals surface area contributed by atoms with Gasteiger partial charge in [-0.15, -0.1) is 0 Å². The normalized spacial score (nSPS) is 19.2. The molecule has 0 N–H and O–H groups in total. The maximum Gasteiger partial charge on any atom is 0.416 e. The summed E-state index contributed by atoms with van der Waals surface area (Å²) in [6.07, 6.45) is -9.19. The van der Waals surface area contributed by atoms with Crippen molar-refractivity contribution in [2.75, 3.05) is 7.11 Å². The lowest BCUT2D eigenvalue weighted by Crippen LogP contribution is -2.44. The Morgan fingerprint density at radius 1 is 0.841 bits per heavy atom. The molecule has 236 valence electrons. The van der Waals surface area contributed by atoms with Gasteiger partial charge in [0.05, 0.1) is 18.2 Å². The summed E-state index contributed by atoms with van der Waals surface area (Å²) in [6, 6.07) is 11.1. The minimum absolute atomic E-state index is 0.0213. The smallest absolute Gasteiger partial charge is 0.416 e. The zero-order chi connectivity index (χ0) is 32.2. The molecule has 0 radical (unpaired) electrons. The number of rotatable bonds is 5. The molecule has 2 aliphatic rings. The van der Waals surface area contributed by atoms with Gasteiger partial charge in [0, 0.05) is 24.6 Å². The van der Waals surface area contributed by atoms with Crippen LogP contribution in [0.1, 0.15) is 85.6 Å². The Hall–Kier alpha value is -3.69. The second-order valence-electron chi connectivity index (χ2n) is 12.7. The summed E-state index contributed by atoms with van der Waals surface area (Å²) in [5.41, 5.74) is 2.81. The Morgan fingerprint density at radius 3 is 2.00 bits per heavy atom. The largest absolute Gasteiger partial charge is 0.496 e. The van der Waals surface area contributed by atoms with Crippen LogP contribution in [-0.4, -0.2) is 24.1 Å². The molecule has 2 atom stereocenters. The predicted molar refractivity (Wildman–Crippen MR) is 154 cm³/mol. The number of hydrogen-bond acceptors (Lipinski definition) is 3. The lowest BCUT2D eigenvalue weighted by atomic mass is 9.84. The van der Waals surface area contributed by atoms with Crippen LogP contribution in [0.2, 0.25) is 0 Å². The van der Waals surface area contributed by atoms with Crippen LogP contribution in [0.4, 0.5) is 31.1 Å². The summed E-state index contributed by atoms with van der Waals surface area (Å²) < 4.78 is 92.2. The van der Waals surface area contributed by atoms with Crippen LogP contribution < -0.4 is 4.74 Å². The summed E-state index contributed by atoms with van der Waals surface area (Å²) >= 11 is 0. The van der Waals surface area contributed by atoms with Gasteiger partial charge >= 0.3 is 18.4 Å². The van der Waals surface area contributed by atoms with Crippen LogP contribution in [0.15, 0.2) is 48.5 Å². The van der Waals surface area contributed by atoms with Crippen LogP contribution in [0.25, 0.3) is 11.1 Å². The number of cyclic esters (lactones) is 1. The zero-order valence-corrected chi connectivity index (χ0v) is 25.2. The van der Waals surface area contributed by atoms with Crippen LogP contribution >= 0.6 is 0 Å². The highest BCUT2D eigenvalue weighted by molar-refractivity contribution is 5.77. The van der Waals surface area contributed by atoms with Crippen LogP contribution in [0.3, 0.4) is 0 Å². The Bertz CT molecular complexity index is 1540. The molecule has 3 aromatic rings. The number of carbonyl (C=O) groups excluding carboxylic acids is 1. The standard InChI is InChI=1S/C34H35F6NO3/c1-19-11-30(22-13-25(33(35,36)37)16-26(14-22)34(38,39)40)44-31(42)41(19)18-23-12-20-7-6-8-21(20)15-27(23)28-17-24(32(2,3)4)9-10-29(28)43-5/h9-10,12-17,19,30H,6-8,11,18H2,1-5H3/t19-,30-/m0/s1. The third-order valence-corrected chi connectivity index (χ3v) is 8.56. The molecule has 10 heteroatoms. The van der Waals surface area contributed by atoms with Crippen molar-refractivity contribution in [2.45, 2.75) is 89.8 Å². The molecule has 1 aliphatic carbocycles. The van der Waals surface area contributed by atoms with Crippen molar-refractivity contribution in [1.29, 1.82) is 0 Å². The van der Waals surface area contributed by atoms with Gasteiger partial charge in [-0.05, 0) is 95.3 Å². The molecule has 1 saturated heterocycles. The number of nitrogens with zero attached hydrogens (tertiary/aromatic N) is 1. The maximum atomic E-state index is 13.5. The van der Waals surface area contributed by atoms with E-state index in [1.54, 1.807) is 14.0 Å². The summed E-state index contributed by atoms with van der Waals surface area (Å²) in [7, 11) is 1.60. The summed E-state index contributed by atoms with van der Waals surface area (Å²) in [5.74, 6) is 0.677. The first-order valence-electron chi connectivity index (χ1n) is 14.6. The molecule has 44 heavy (non-hydrogen) atoms. The van der Waals surface area contributed by atoms with Gasteiger partial charge in [0.25, 0.3) is 0 Å². The predicted octanol–water partition coefficient (Wildman–Crippen LogP) is 9.66. The number of amides is 1. The van der Waals surface area contributed by atoms with Crippen molar-refractivity contribution in [2.24, 2.45) is 0 Å². The van der Waals surface area contributed by atoms with Crippen molar-refractivity contribution in [3.8, 4) is 16.9 Å². The van der Waals surface area contributed by atoms with Crippen LogP contribution in [0, 0.1) is 0 Å². The average molecular weight is 620 g/mol. The van der Waals surface area contributed by atoms with E-state index in [4.69, 9.17) is 9.47 Å². The quantitative estimate of drug-likeness (QED) is 0.267. The molecule has 0 saturated carbocycles. The average Bonchev–Trinajstić information content (AvgIpc) is 3.40. The molecule has 5 rings (SSSR count). The van der Waals surface area contributed by atoms with E-state index >= 15 is 0 Å². The minimum Gasteiger partial charge on any atom is -0.496 e. The first kappa shape index (κ1) is 31.7. The van der Waals surface area contributed by atoms with E-state index in [9.17, 15) is 31.1 Å². The maximum absolute atomic E-state index is 13.5. The zero-order valence-electron chi connectivity index (χ0n) is 25.2. The molecule has 1 aliphatic heterocycles. The number of fused-ring (bicyclic) bond motifs is 1. The molecule has 1 fully saturated rings. The number of carbonyl (C=O) groups is 1. The lowest BCUT2D eigenvalue weighted by Gasteiger charge is -2.38. The number of aryl methyl sites for hydroxylation is 2. The molecule has 3 aromatic carbocycles. The van der Waals surface area contributed by atoms with Gasteiger partial charge in [-0.3, -0.25) is 0 Å². The number of methoxy groups -OCH3 is 1. The van der Waals surface area contributed by atoms with Gasteiger partial charge in [-0.1, -0.05) is 39.0 Å². The topological polar surface area (TPSA) is 38.8 Å². The van der Waals surface area contributed by atoms with Crippen molar-refractivity contribution >= 4 is 6.09 Å². The fraction of sp³-hybridized carbons (Fsp3) is 0.441. The summed E-state index contributed by atoms with van der Waals surface area (Å²) in [4.78, 5) is 14.9. The van der Waals surface area contributed by atoms with E-state index in [2.05, 4.69) is 39.0 Å². The summed E-state index contributed by atoms with van der Waals surface area (Å²) in [5, 5.41) is 0. The molecule has 0 aromatic heterocycles. The Kier molecular flexibility index (Phi) is 8.18. The molecule has 4 nitrogen and oxygen atoms in total. The van der Waals surface area contributed by atoms with Gasteiger partial charge in [0.15, 0.2) is 0 Å². The SMILES string of the molecule is COc1ccc(C(C)(C)C)cc1-c1cc2c(cc1CN1C(=O)O[C@H](c3cc(C(F)(F)F)cc(C(F)(F)F)c3)C[C@@H]1C)CCC2. The van der Waals surface area contributed by atoms with Crippen molar-refractivity contribution in [3.05, 3.63) is 87.5 Å². The van der Waals surface area contributed by atoms with Crippen molar-refractivity contribution < 1.29 is 40.6 Å². The Balaban J connectivity index is 1.50. The second-order valence-corrected chi connectivity index (χ2v) is 12.7. The molecule has 1 amide bonds.